The summed E-state index contributed by atoms with van der Waals surface area (Å²) in [5.74, 6) is -0.132. The Morgan fingerprint density at radius 2 is 1.97 bits per heavy atom. The second-order valence-corrected chi connectivity index (χ2v) is 7.54. The summed E-state index contributed by atoms with van der Waals surface area (Å²) in [6.45, 7) is 3.21. The molecule has 31 heavy (non-hydrogen) atoms. The first-order valence-electron chi connectivity index (χ1n) is 9.67. The number of Topliss-reactive ketones (excluding diaryl/α,β-unsaturated/α-hetero) is 1. The quantitative estimate of drug-likeness (QED) is 0.426. The minimum atomic E-state index is -0.809. The zero-order chi connectivity index (χ0) is 22.9. The van der Waals surface area contributed by atoms with Crippen molar-refractivity contribution in [3.05, 3.63) is 52.1 Å². The van der Waals surface area contributed by atoms with Gasteiger partial charge in [-0.15, -0.1) is 6.42 Å². The molecule has 2 aromatic rings. The predicted molar refractivity (Wildman–Crippen MR) is 112 cm³/mol. The Bertz CT molecular complexity index is 1180. The number of anilines is 1. The lowest BCUT2D eigenvalue weighted by Crippen LogP contribution is -2.40. The van der Waals surface area contributed by atoms with E-state index in [0.717, 1.165) is 18.9 Å². The van der Waals surface area contributed by atoms with Gasteiger partial charge in [-0.3, -0.25) is 14.4 Å². The second-order valence-electron chi connectivity index (χ2n) is 7.54. The molecule has 2 amide bonds. The van der Waals surface area contributed by atoms with E-state index in [1.165, 1.54) is 16.7 Å². The van der Waals surface area contributed by atoms with Crippen LogP contribution in [-0.4, -0.2) is 28.2 Å². The maximum absolute atomic E-state index is 13.5. The van der Waals surface area contributed by atoms with E-state index in [4.69, 9.17) is 11.7 Å². The summed E-state index contributed by atoms with van der Waals surface area (Å²) < 4.78 is 15.0. The predicted octanol–water partition coefficient (Wildman–Crippen LogP) is 2.62. The third kappa shape index (κ3) is 4.19. The molecule has 0 saturated heterocycles. The fourth-order valence-corrected chi connectivity index (χ4v) is 3.56. The van der Waals surface area contributed by atoms with Gasteiger partial charge in [-0.05, 0) is 56.4 Å². The molecule has 1 aromatic carbocycles. The number of amides is 2. The second kappa shape index (κ2) is 8.45. The molecule has 0 radical (unpaired) electrons. The monoisotopic (exact) mass is 420 g/mol. The number of hydrogen-bond acceptors (Lipinski definition) is 4. The Balaban J connectivity index is 1.86. The Kier molecular flexibility index (Phi) is 5.94. The Labute approximate surface area is 179 Å². The molecular formula is C23H21FN4O3. The van der Waals surface area contributed by atoms with Gasteiger partial charge in [0.1, 0.15) is 17.6 Å². The van der Waals surface area contributed by atoms with E-state index in [-0.39, 0.29) is 28.4 Å². The van der Waals surface area contributed by atoms with Crippen molar-refractivity contribution >= 4 is 23.3 Å². The van der Waals surface area contributed by atoms with Crippen molar-refractivity contribution in [2.45, 2.75) is 32.7 Å². The fraction of sp³-hybridized carbons (Fsp3) is 0.304. The number of nitrogens with zero attached hydrogens (tertiary/aromatic N) is 2. The Morgan fingerprint density at radius 1 is 1.29 bits per heavy atom. The van der Waals surface area contributed by atoms with Crippen LogP contribution in [0.1, 0.15) is 50.5 Å². The van der Waals surface area contributed by atoms with Crippen molar-refractivity contribution in [2.75, 3.05) is 5.32 Å². The lowest BCUT2D eigenvalue weighted by Gasteiger charge is -2.11. The van der Waals surface area contributed by atoms with Crippen molar-refractivity contribution in [1.29, 1.82) is 5.26 Å². The molecule has 7 nitrogen and oxygen atoms in total. The van der Waals surface area contributed by atoms with Crippen molar-refractivity contribution in [3.8, 4) is 18.4 Å². The molecule has 8 heteroatoms. The number of hydrogen-bond donors (Lipinski definition) is 2. The molecule has 1 aliphatic rings. The molecule has 1 fully saturated rings. The summed E-state index contributed by atoms with van der Waals surface area (Å²) in [6, 6.07) is 4.85. The molecule has 0 spiro atoms. The molecule has 3 rings (SSSR count). The molecule has 1 unspecified atom stereocenters. The number of benzene rings is 1. The van der Waals surface area contributed by atoms with Gasteiger partial charge >= 0.3 is 0 Å². The lowest BCUT2D eigenvalue weighted by molar-refractivity contribution is -0.117. The summed E-state index contributed by atoms with van der Waals surface area (Å²) >= 11 is 0. The van der Waals surface area contributed by atoms with Gasteiger partial charge in [0.2, 0.25) is 0 Å². The minimum Gasteiger partial charge on any atom is -0.343 e. The first-order valence-corrected chi connectivity index (χ1v) is 9.67. The van der Waals surface area contributed by atoms with E-state index in [2.05, 4.69) is 16.6 Å². The van der Waals surface area contributed by atoms with E-state index in [9.17, 15) is 18.8 Å². The highest BCUT2D eigenvalue weighted by atomic mass is 19.1. The van der Waals surface area contributed by atoms with Gasteiger partial charge < -0.3 is 15.2 Å². The number of halogens is 1. The van der Waals surface area contributed by atoms with Crippen LogP contribution < -0.4 is 10.6 Å². The maximum atomic E-state index is 13.5. The summed E-state index contributed by atoms with van der Waals surface area (Å²) in [6.07, 6.45) is 7.28. The van der Waals surface area contributed by atoms with Crippen LogP contribution in [0.25, 0.3) is 0 Å². The summed E-state index contributed by atoms with van der Waals surface area (Å²) in [5.41, 5.74) is 1.12. The molecule has 1 atom stereocenters. The average molecular weight is 420 g/mol. The molecule has 0 aliphatic heterocycles. The van der Waals surface area contributed by atoms with Gasteiger partial charge in [0.15, 0.2) is 0 Å². The van der Waals surface area contributed by atoms with Crippen LogP contribution in [0, 0.1) is 49.3 Å². The van der Waals surface area contributed by atoms with Crippen LogP contribution in [0.3, 0.4) is 0 Å². The summed E-state index contributed by atoms with van der Waals surface area (Å²) in [7, 11) is 1.60. The van der Waals surface area contributed by atoms with Crippen molar-refractivity contribution in [1.82, 2.24) is 9.88 Å². The number of nitrogens with one attached hydrogen (secondary N) is 2. The third-order valence-electron chi connectivity index (χ3n) is 5.48. The van der Waals surface area contributed by atoms with Crippen LogP contribution in [0.2, 0.25) is 0 Å². The Hall–Kier alpha value is -3.91. The molecule has 0 bridgehead atoms. The highest BCUT2D eigenvalue weighted by molar-refractivity contribution is 6.43. The van der Waals surface area contributed by atoms with Crippen LogP contribution in [0.15, 0.2) is 18.2 Å². The Morgan fingerprint density at radius 3 is 2.55 bits per heavy atom. The van der Waals surface area contributed by atoms with Gasteiger partial charge in [0.25, 0.3) is 17.6 Å². The largest absolute Gasteiger partial charge is 0.343 e. The van der Waals surface area contributed by atoms with Gasteiger partial charge in [-0.2, -0.15) is 5.26 Å². The van der Waals surface area contributed by atoms with Crippen molar-refractivity contribution < 1.29 is 18.8 Å². The van der Waals surface area contributed by atoms with Gasteiger partial charge in [-0.1, -0.05) is 5.92 Å². The minimum absolute atomic E-state index is 0.133. The zero-order valence-electron chi connectivity index (χ0n) is 17.4. The number of rotatable bonds is 6. The van der Waals surface area contributed by atoms with E-state index in [0.29, 0.717) is 11.3 Å². The molecule has 158 valence electrons. The van der Waals surface area contributed by atoms with Crippen LogP contribution in [-0.2, 0) is 11.8 Å². The van der Waals surface area contributed by atoms with E-state index >= 15 is 0 Å². The normalized spacial score (nSPS) is 13.6. The van der Waals surface area contributed by atoms with Crippen LogP contribution >= 0.6 is 0 Å². The van der Waals surface area contributed by atoms with Gasteiger partial charge in [0.05, 0.1) is 17.2 Å². The van der Waals surface area contributed by atoms with Crippen LogP contribution in [0.4, 0.5) is 10.1 Å². The van der Waals surface area contributed by atoms with Gasteiger partial charge in [-0.25, -0.2) is 4.39 Å². The highest BCUT2D eigenvalue weighted by Gasteiger charge is 2.34. The van der Waals surface area contributed by atoms with Crippen molar-refractivity contribution in [2.24, 2.45) is 13.0 Å². The molecular weight excluding hydrogens is 399 g/mol. The van der Waals surface area contributed by atoms with E-state index in [1.54, 1.807) is 27.0 Å². The number of carbonyl (C=O) groups excluding carboxylic acids is 3. The van der Waals surface area contributed by atoms with Crippen molar-refractivity contribution in [3.63, 3.8) is 0 Å². The molecule has 1 saturated carbocycles. The first-order chi connectivity index (χ1) is 14.7. The average Bonchev–Trinajstić information content (AvgIpc) is 3.55. The summed E-state index contributed by atoms with van der Waals surface area (Å²) in [4.78, 5) is 38.2. The zero-order valence-corrected chi connectivity index (χ0v) is 17.4. The molecule has 1 aliphatic carbocycles. The fourth-order valence-electron chi connectivity index (χ4n) is 3.56. The third-order valence-corrected chi connectivity index (χ3v) is 5.48. The maximum Gasteiger partial charge on any atom is 0.293 e. The van der Waals surface area contributed by atoms with E-state index < -0.39 is 29.5 Å². The lowest BCUT2D eigenvalue weighted by atomic mass is 10.0. The summed E-state index contributed by atoms with van der Waals surface area (Å²) in [5, 5.41) is 14.2. The number of terminal acetylenes is 1. The number of aromatic nitrogens is 1. The molecule has 1 heterocycles. The number of carbonyl (C=O) groups is 3. The molecule has 2 N–H and O–H groups in total. The molecule has 1 aromatic heterocycles. The SMILES string of the molecule is C#CC(NC(=O)C(=O)c1c(C)c(C(=O)Nc2ccc(F)c(C#N)c2)n(C)c1C)C1CC1. The van der Waals surface area contributed by atoms with Gasteiger partial charge in [0, 0.05) is 18.4 Å². The van der Waals surface area contributed by atoms with E-state index in [1.807, 2.05) is 0 Å². The first kappa shape index (κ1) is 21.8. The topological polar surface area (TPSA) is 104 Å². The number of nitriles is 1. The smallest absolute Gasteiger partial charge is 0.293 e. The highest BCUT2D eigenvalue weighted by Crippen LogP contribution is 2.32. The standard InChI is InChI=1S/C23H21FN4O3/c1-5-18(14-6-7-14)27-23(31)21(29)19-12(2)20(28(4)13(19)3)22(30)26-16-8-9-17(24)15(10-16)11-25/h1,8-10,14,18H,6-7H2,2-4H3,(H,26,30)(H,27,31). The number of ketones is 1. The van der Waals surface area contributed by atoms with Crippen LogP contribution in [0.5, 0.6) is 0 Å².